The number of aliphatic hydroxyl groups excluding tert-OH is 4. The molecule has 2 aliphatic rings. The smallest absolute Gasteiger partial charge is 0.320 e. The van der Waals surface area contributed by atoms with Gasteiger partial charge >= 0.3 is 11.9 Å². The Balaban J connectivity index is 0.000000208. The molecule has 0 aromatic carbocycles. The van der Waals surface area contributed by atoms with E-state index in [9.17, 15) is 30.0 Å². The zero-order valence-corrected chi connectivity index (χ0v) is 31.0. The van der Waals surface area contributed by atoms with Gasteiger partial charge in [0.2, 0.25) is 0 Å². The molecule has 4 aromatic heterocycles. The van der Waals surface area contributed by atoms with E-state index in [2.05, 4.69) is 29.9 Å². The first-order valence-corrected chi connectivity index (χ1v) is 20.6. The summed E-state index contributed by atoms with van der Waals surface area (Å²) in [7, 11) is -0.470. The minimum Gasteiger partial charge on any atom is -0.480 e. The lowest BCUT2D eigenvalue weighted by atomic mass is 10.1. The van der Waals surface area contributed by atoms with E-state index in [0.717, 1.165) is 0 Å². The zero-order valence-electron chi connectivity index (χ0n) is 29.3. The molecule has 2 unspecified atom stereocenters. The number of nitrogens with two attached hydrogens (primary N) is 4. The summed E-state index contributed by atoms with van der Waals surface area (Å²) in [5.74, 6) is 0.509. The summed E-state index contributed by atoms with van der Waals surface area (Å²) in [6.07, 6.45) is 2.62. The average molecular weight is 799 g/mol. The number of anilines is 2. The van der Waals surface area contributed by atoms with Crippen LogP contribution in [0.15, 0.2) is 25.3 Å². The summed E-state index contributed by atoms with van der Waals surface area (Å²) in [6.45, 7) is 0. The summed E-state index contributed by atoms with van der Waals surface area (Å²) in [4.78, 5) is 45.9. The molecule has 22 nitrogen and oxygen atoms in total. The summed E-state index contributed by atoms with van der Waals surface area (Å²) in [5.41, 5.74) is 24.2. The van der Waals surface area contributed by atoms with Gasteiger partial charge in [-0.25, -0.2) is 29.9 Å². The van der Waals surface area contributed by atoms with Crippen LogP contribution in [0.4, 0.5) is 11.6 Å². The van der Waals surface area contributed by atoms with Gasteiger partial charge in [-0.2, -0.15) is 0 Å². The standard InChI is InChI=1S/2C15H22N6O5S/c2*1-27(3-2-7(16)15(24)25)4-8-10(22)11(23)14(26-8)21-6-20-9-12(17)18-5-19-13(9)21/h2*5-8,10-11,14,22-23H,2-4,16H2,1H3,(H2-,17,18,19,24,25)/p+2/t2*7-,8+,10+,11+,14+,27?/m00/s1. The molecular formula is C30H46N12O10S2+2. The van der Waals surface area contributed by atoms with Crippen molar-refractivity contribution in [3.8, 4) is 0 Å². The Morgan fingerprint density at radius 1 is 0.685 bits per heavy atom. The number of carbonyl (C=O) groups is 2. The average Bonchev–Trinajstić information content (AvgIpc) is 3.89. The van der Waals surface area contributed by atoms with E-state index in [1.54, 1.807) is 0 Å². The number of carboxylic acids is 2. The van der Waals surface area contributed by atoms with Crippen LogP contribution in [-0.4, -0.2) is 166 Å². The number of aliphatic hydroxyl groups is 4. The van der Waals surface area contributed by atoms with Gasteiger partial charge in [-0.1, -0.05) is 0 Å². The number of fused-ring (bicyclic) bond motifs is 2. The maximum absolute atomic E-state index is 10.8. The van der Waals surface area contributed by atoms with Crippen LogP contribution in [0, 0.1) is 0 Å². The Bertz CT molecular complexity index is 1770. The van der Waals surface area contributed by atoms with Crippen molar-refractivity contribution in [1.29, 1.82) is 0 Å². The molecule has 6 heterocycles. The lowest BCUT2D eigenvalue weighted by Gasteiger charge is -2.16. The summed E-state index contributed by atoms with van der Waals surface area (Å²) < 4.78 is 14.8. The number of hydrogen-bond donors (Lipinski definition) is 10. The van der Waals surface area contributed by atoms with Gasteiger partial charge in [-0.05, 0) is 21.8 Å². The number of hydrogen-bond acceptors (Lipinski definition) is 18. The van der Waals surface area contributed by atoms with Gasteiger partial charge in [-0.15, -0.1) is 0 Å². The van der Waals surface area contributed by atoms with Gasteiger partial charge in [0.15, 0.2) is 35.4 Å². The molecule has 0 saturated carbocycles. The third-order valence-electron chi connectivity index (χ3n) is 9.08. The van der Waals surface area contributed by atoms with Crippen LogP contribution in [0.3, 0.4) is 0 Å². The minimum atomic E-state index is -1.16. The van der Waals surface area contributed by atoms with Crippen molar-refractivity contribution >= 4 is 67.7 Å². The van der Waals surface area contributed by atoms with Crippen LogP contribution in [0.5, 0.6) is 0 Å². The van der Waals surface area contributed by atoms with Gasteiger partial charge in [-0.3, -0.25) is 18.7 Å². The number of nitrogens with zero attached hydrogens (tertiary/aromatic N) is 8. The van der Waals surface area contributed by atoms with Crippen LogP contribution in [-0.2, 0) is 40.9 Å². The number of carboxylic acid groups (broad SMARTS) is 2. The second-order valence-corrected chi connectivity index (χ2v) is 17.6. The first-order chi connectivity index (χ1) is 25.6. The van der Waals surface area contributed by atoms with Crippen molar-refractivity contribution in [1.82, 2.24) is 39.0 Å². The molecule has 0 amide bonds. The number of rotatable bonds is 14. The molecule has 24 heteroatoms. The fourth-order valence-corrected chi connectivity index (χ4v) is 9.26. The molecule has 2 saturated heterocycles. The fourth-order valence-electron chi connectivity index (χ4n) is 5.94. The molecule has 4 aromatic rings. The van der Waals surface area contributed by atoms with E-state index in [-0.39, 0.29) is 33.4 Å². The number of aliphatic carboxylic acids is 2. The molecular weight excluding hydrogens is 753 g/mol. The van der Waals surface area contributed by atoms with Crippen LogP contribution in [0.1, 0.15) is 25.3 Å². The van der Waals surface area contributed by atoms with E-state index < -0.39 is 73.1 Å². The van der Waals surface area contributed by atoms with Gasteiger partial charge in [0.25, 0.3) is 0 Å². The third kappa shape index (κ3) is 9.10. The van der Waals surface area contributed by atoms with E-state index in [1.165, 1.54) is 34.4 Å². The maximum Gasteiger partial charge on any atom is 0.320 e. The number of nitrogen functional groups attached to an aromatic ring is 2. The van der Waals surface area contributed by atoms with Crippen molar-refractivity contribution in [2.75, 3.05) is 47.0 Å². The first-order valence-electron chi connectivity index (χ1n) is 16.6. The monoisotopic (exact) mass is 798 g/mol. The number of ether oxygens (including phenoxy) is 2. The predicted molar refractivity (Wildman–Crippen MR) is 198 cm³/mol. The van der Waals surface area contributed by atoms with Gasteiger partial charge < -0.3 is 63.0 Å². The van der Waals surface area contributed by atoms with Crippen LogP contribution >= 0.6 is 0 Å². The van der Waals surface area contributed by atoms with Crippen LogP contribution in [0.25, 0.3) is 22.3 Å². The highest BCUT2D eigenvalue weighted by atomic mass is 32.2. The molecule has 296 valence electrons. The first kappa shape index (κ1) is 41.2. The van der Waals surface area contributed by atoms with Gasteiger partial charge in [0.1, 0.15) is 95.4 Å². The van der Waals surface area contributed by atoms with Gasteiger partial charge in [0, 0.05) is 12.8 Å². The van der Waals surface area contributed by atoms with Crippen molar-refractivity contribution in [2.45, 2.75) is 74.0 Å². The van der Waals surface area contributed by atoms with E-state index in [4.69, 9.17) is 42.6 Å². The Hall–Kier alpha value is -3.98. The SMILES string of the molecule is C[S+](CC[C@H](N)C(=O)O)C[C@H]1O[C@@H](n2cnc3c(N)ncnc32)[C@H](O)[C@@H]1O.C[S+](CC[C@H](N)C(=O)O)C[C@H]1O[C@@H](n2cnc3c(N)ncnc32)[C@H](O)[C@@H]1O. The summed E-state index contributed by atoms with van der Waals surface area (Å²) in [6, 6.07) is -1.81. The summed E-state index contributed by atoms with van der Waals surface area (Å²) >= 11 is 0. The fraction of sp³-hybridized carbons (Fsp3) is 0.600. The van der Waals surface area contributed by atoms with Crippen molar-refractivity contribution in [3.05, 3.63) is 25.3 Å². The van der Waals surface area contributed by atoms with Gasteiger partial charge in [0.05, 0.1) is 25.2 Å². The van der Waals surface area contributed by atoms with E-state index in [0.29, 0.717) is 58.2 Å². The molecule has 14 N–H and O–H groups in total. The maximum atomic E-state index is 10.8. The normalized spacial score (nSPS) is 27.7. The zero-order chi connectivity index (χ0) is 39.4. The number of imidazole rings is 2. The van der Waals surface area contributed by atoms with Crippen molar-refractivity contribution in [2.24, 2.45) is 11.5 Å². The number of aromatic nitrogens is 8. The van der Waals surface area contributed by atoms with E-state index >= 15 is 0 Å². The molecule has 0 spiro atoms. The molecule has 0 bridgehead atoms. The quantitative estimate of drug-likeness (QED) is 0.0546. The molecule has 12 atom stereocenters. The molecule has 0 aliphatic carbocycles. The molecule has 0 radical (unpaired) electrons. The third-order valence-corrected chi connectivity index (χ3v) is 12.7. The second kappa shape index (κ2) is 17.7. The minimum absolute atomic E-state index is 0.216. The molecule has 2 fully saturated rings. The molecule has 54 heavy (non-hydrogen) atoms. The highest BCUT2D eigenvalue weighted by molar-refractivity contribution is 7.96. The van der Waals surface area contributed by atoms with E-state index in [1.807, 2.05) is 12.5 Å². The largest absolute Gasteiger partial charge is 0.480 e. The lowest BCUT2D eigenvalue weighted by Crippen LogP contribution is -2.37. The lowest BCUT2D eigenvalue weighted by molar-refractivity contribution is -0.139. The van der Waals surface area contributed by atoms with Crippen LogP contribution in [0.2, 0.25) is 0 Å². The molecule has 2 aliphatic heterocycles. The molecule has 6 rings (SSSR count). The Labute approximate surface area is 313 Å². The highest BCUT2D eigenvalue weighted by Crippen LogP contribution is 2.34. The predicted octanol–water partition coefficient (Wildman–Crippen LogP) is -3.84. The highest BCUT2D eigenvalue weighted by Gasteiger charge is 2.48. The van der Waals surface area contributed by atoms with Crippen LogP contribution < -0.4 is 22.9 Å². The summed E-state index contributed by atoms with van der Waals surface area (Å²) in [5, 5.41) is 59.4. The Morgan fingerprint density at radius 2 is 1.06 bits per heavy atom. The Kier molecular flexibility index (Phi) is 13.5. The topological polar surface area (TPSA) is 365 Å². The van der Waals surface area contributed by atoms with Crippen molar-refractivity contribution in [3.63, 3.8) is 0 Å². The second-order valence-electron chi connectivity index (χ2n) is 13.0. The Morgan fingerprint density at radius 3 is 1.41 bits per heavy atom. The van der Waals surface area contributed by atoms with Crippen molar-refractivity contribution < 1.29 is 49.7 Å².